The number of nitro benzene ring substituents is 1. The smallest absolute Gasteiger partial charge is 0.324 e. The summed E-state index contributed by atoms with van der Waals surface area (Å²) in [5, 5.41) is 12.9. The highest BCUT2D eigenvalue weighted by Gasteiger charge is 2.34. The summed E-state index contributed by atoms with van der Waals surface area (Å²) >= 11 is 6.63. The number of aromatic nitrogens is 2. The van der Waals surface area contributed by atoms with Crippen LogP contribution in [0.15, 0.2) is 59.8 Å². The van der Waals surface area contributed by atoms with Crippen LogP contribution in [0.25, 0.3) is 11.3 Å². The highest BCUT2D eigenvalue weighted by Crippen LogP contribution is 2.32. The van der Waals surface area contributed by atoms with Crippen molar-refractivity contribution in [2.45, 2.75) is 11.3 Å². The number of halogens is 4. The molecule has 1 amide bonds. The van der Waals surface area contributed by atoms with Gasteiger partial charge in [0.2, 0.25) is 5.91 Å². The first-order valence-electron chi connectivity index (χ1n) is 8.52. The van der Waals surface area contributed by atoms with Crippen LogP contribution in [0.4, 0.5) is 24.5 Å². The Balaban J connectivity index is 1.76. The first-order valence-corrected chi connectivity index (χ1v) is 9.88. The maximum absolute atomic E-state index is 13.2. The van der Waals surface area contributed by atoms with Gasteiger partial charge in [-0.1, -0.05) is 53.7 Å². The third kappa shape index (κ3) is 5.92. The molecule has 2 aromatic carbocycles. The molecule has 0 atom stereocenters. The van der Waals surface area contributed by atoms with E-state index in [0.717, 1.165) is 18.2 Å². The molecule has 0 fully saturated rings. The summed E-state index contributed by atoms with van der Waals surface area (Å²) in [6.07, 6.45) is -4.68. The number of nitro groups is 1. The van der Waals surface area contributed by atoms with Gasteiger partial charge in [0.25, 0.3) is 5.69 Å². The van der Waals surface area contributed by atoms with E-state index in [2.05, 4.69) is 15.3 Å². The van der Waals surface area contributed by atoms with Gasteiger partial charge in [0.1, 0.15) is 5.69 Å². The quantitative estimate of drug-likeness (QED) is 0.223. The van der Waals surface area contributed by atoms with Crippen molar-refractivity contribution < 1.29 is 22.9 Å². The third-order valence-electron chi connectivity index (χ3n) is 3.84. The first kappa shape index (κ1) is 22.5. The molecule has 31 heavy (non-hydrogen) atoms. The van der Waals surface area contributed by atoms with E-state index < -0.39 is 22.7 Å². The van der Waals surface area contributed by atoms with Crippen molar-refractivity contribution in [2.75, 3.05) is 11.1 Å². The summed E-state index contributed by atoms with van der Waals surface area (Å²) in [6.45, 7) is 0. The number of thioether (sulfide) groups is 1. The third-order valence-corrected chi connectivity index (χ3v) is 5.00. The largest absolute Gasteiger partial charge is 0.433 e. The molecule has 1 heterocycles. The summed E-state index contributed by atoms with van der Waals surface area (Å²) < 4.78 is 39.7. The number of carbonyl (C=O) groups excluding carboxylic acids is 1. The fourth-order valence-corrected chi connectivity index (χ4v) is 3.31. The van der Waals surface area contributed by atoms with Crippen LogP contribution in [-0.4, -0.2) is 26.6 Å². The molecule has 0 saturated heterocycles. The number of nitrogens with one attached hydrogen (secondary N) is 1. The average molecular weight is 469 g/mol. The van der Waals surface area contributed by atoms with E-state index in [4.69, 9.17) is 11.6 Å². The van der Waals surface area contributed by atoms with Crippen molar-refractivity contribution in [3.8, 4) is 11.3 Å². The normalized spacial score (nSPS) is 11.2. The number of benzene rings is 2. The zero-order chi connectivity index (χ0) is 22.6. The van der Waals surface area contributed by atoms with E-state index >= 15 is 0 Å². The minimum Gasteiger partial charge on any atom is -0.324 e. The second-order valence-corrected chi connectivity index (χ2v) is 7.39. The molecule has 1 aromatic heterocycles. The van der Waals surface area contributed by atoms with Crippen molar-refractivity contribution in [1.82, 2.24) is 9.97 Å². The van der Waals surface area contributed by atoms with Gasteiger partial charge in [-0.25, -0.2) is 9.97 Å². The minimum absolute atomic E-state index is 0.0470. The van der Waals surface area contributed by atoms with Crippen LogP contribution in [-0.2, 0) is 11.0 Å². The highest BCUT2D eigenvalue weighted by atomic mass is 35.5. The first-order chi connectivity index (χ1) is 14.6. The molecule has 12 heteroatoms. The number of hydrogen-bond acceptors (Lipinski definition) is 6. The highest BCUT2D eigenvalue weighted by molar-refractivity contribution is 7.99. The van der Waals surface area contributed by atoms with Crippen LogP contribution in [0.5, 0.6) is 0 Å². The molecule has 3 rings (SSSR count). The fourth-order valence-electron chi connectivity index (χ4n) is 2.43. The van der Waals surface area contributed by atoms with Gasteiger partial charge in [-0.3, -0.25) is 14.9 Å². The number of non-ortho nitro benzene ring substituents is 1. The van der Waals surface area contributed by atoms with E-state index in [1.54, 1.807) is 30.3 Å². The van der Waals surface area contributed by atoms with Crippen LogP contribution < -0.4 is 5.32 Å². The molecule has 3 aromatic rings. The molecule has 7 nitrogen and oxygen atoms in total. The Bertz CT molecular complexity index is 1130. The Labute approximate surface area is 182 Å². The molecule has 0 aliphatic rings. The lowest BCUT2D eigenvalue weighted by Crippen LogP contribution is -2.15. The summed E-state index contributed by atoms with van der Waals surface area (Å²) in [5.74, 6) is -0.897. The van der Waals surface area contributed by atoms with Crippen LogP contribution >= 0.6 is 23.4 Å². The number of rotatable bonds is 6. The van der Waals surface area contributed by atoms with Gasteiger partial charge >= 0.3 is 6.18 Å². The second kappa shape index (κ2) is 9.31. The predicted molar refractivity (Wildman–Crippen MR) is 110 cm³/mol. The molecular formula is C19H12ClF3N4O3S. The summed E-state index contributed by atoms with van der Waals surface area (Å²) in [7, 11) is 0. The number of hydrogen-bond donors (Lipinski definition) is 1. The van der Waals surface area contributed by atoms with Crippen LogP contribution in [0.1, 0.15) is 5.69 Å². The van der Waals surface area contributed by atoms with Gasteiger partial charge < -0.3 is 5.32 Å². The number of nitrogens with zero attached hydrogens (tertiary/aromatic N) is 3. The van der Waals surface area contributed by atoms with Crippen molar-refractivity contribution in [3.63, 3.8) is 0 Å². The fraction of sp³-hybridized carbons (Fsp3) is 0.105. The topological polar surface area (TPSA) is 98.0 Å². The Kier molecular flexibility index (Phi) is 6.76. The number of amides is 1. The summed E-state index contributed by atoms with van der Waals surface area (Å²) in [5.41, 5.74) is -0.692. The molecular weight excluding hydrogens is 457 g/mol. The van der Waals surface area contributed by atoms with Gasteiger partial charge in [0, 0.05) is 17.7 Å². The van der Waals surface area contributed by atoms with E-state index in [0.29, 0.717) is 17.3 Å². The van der Waals surface area contributed by atoms with E-state index in [1.165, 1.54) is 6.07 Å². The lowest BCUT2D eigenvalue weighted by atomic mass is 10.1. The van der Waals surface area contributed by atoms with Gasteiger partial charge in [0.15, 0.2) is 5.16 Å². The van der Waals surface area contributed by atoms with Crippen molar-refractivity contribution in [1.29, 1.82) is 0 Å². The lowest BCUT2D eigenvalue weighted by Gasteiger charge is -2.11. The zero-order valence-electron chi connectivity index (χ0n) is 15.4. The van der Waals surface area contributed by atoms with Crippen molar-refractivity contribution in [3.05, 3.63) is 75.4 Å². The SMILES string of the molecule is O=C(CSc1nc(-c2ccccc2)cc(C(F)(F)F)n1)Nc1ccc([N+](=O)[O-])cc1Cl. The van der Waals surface area contributed by atoms with Crippen molar-refractivity contribution in [2.24, 2.45) is 0 Å². The molecule has 160 valence electrons. The zero-order valence-corrected chi connectivity index (χ0v) is 17.0. The number of alkyl halides is 3. The monoisotopic (exact) mass is 468 g/mol. The van der Waals surface area contributed by atoms with Crippen LogP contribution in [0.2, 0.25) is 5.02 Å². The molecule has 0 saturated carbocycles. The minimum atomic E-state index is -4.68. The molecule has 0 spiro atoms. The Hall–Kier alpha value is -3.18. The van der Waals surface area contributed by atoms with Crippen molar-refractivity contribution >= 4 is 40.6 Å². The lowest BCUT2D eigenvalue weighted by molar-refractivity contribution is -0.384. The van der Waals surface area contributed by atoms with E-state index in [9.17, 15) is 28.1 Å². The Morgan fingerprint density at radius 1 is 1.13 bits per heavy atom. The molecule has 0 bridgehead atoms. The average Bonchev–Trinajstić information content (AvgIpc) is 2.73. The van der Waals surface area contributed by atoms with Gasteiger partial charge in [-0.15, -0.1) is 0 Å². The maximum Gasteiger partial charge on any atom is 0.433 e. The van der Waals surface area contributed by atoms with Gasteiger partial charge in [-0.2, -0.15) is 13.2 Å². The molecule has 1 N–H and O–H groups in total. The predicted octanol–water partition coefficient (Wildman–Crippen LogP) is 5.45. The van der Waals surface area contributed by atoms with Crippen LogP contribution in [0, 0.1) is 10.1 Å². The second-order valence-electron chi connectivity index (χ2n) is 6.04. The molecule has 0 aliphatic heterocycles. The van der Waals surface area contributed by atoms with E-state index in [1.807, 2.05) is 0 Å². The Morgan fingerprint density at radius 3 is 2.45 bits per heavy atom. The summed E-state index contributed by atoms with van der Waals surface area (Å²) in [6, 6.07) is 12.6. The van der Waals surface area contributed by atoms with E-state index in [-0.39, 0.29) is 33.0 Å². The number of carbonyl (C=O) groups is 1. The summed E-state index contributed by atoms with van der Waals surface area (Å²) in [4.78, 5) is 29.9. The number of anilines is 1. The molecule has 0 radical (unpaired) electrons. The maximum atomic E-state index is 13.2. The van der Waals surface area contributed by atoms with Crippen LogP contribution in [0.3, 0.4) is 0 Å². The molecule has 0 aliphatic carbocycles. The Morgan fingerprint density at radius 2 is 1.84 bits per heavy atom. The van der Waals surface area contributed by atoms with Gasteiger partial charge in [0.05, 0.1) is 27.1 Å². The molecule has 0 unspecified atom stereocenters. The van der Waals surface area contributed by atoms with Gasteiger partial charge in [-0.05, 0) is 12.1 Å². The standard InChI is InChI=1S/C19H12ClF3N4O3S/c20-13-8-12(27(29)30)6-7-14(13)24-17(28)10-31-18-25-15(11-4-2-1-3-5-11)9-16(26-18)19(21,22)23/h1-9H,10H2,(H,24,28).